The van der Waals surface area contributed by atoms with E-state index in [-0.39, 0.29) is 12.4 Å². The van der Waals surface area contributed by atoms with E-state index in [0.717, 1.165) is 37.7 Å². The molecule has 4 heteroatoms. The summed E-state index contributed by atoms with van der Waals surface area (Å²) in [5, 5.41) is 19.8. The van der Waals surface area contributed by atoms with Crippen LogP contribution in [0.3, 0.4) is 0 Å². The van der Waals surface area contributed by atoms with Crippen LogP contribution in [-0.4, -0.2) is 28.6 Å². The molecule has 0 bridgehead atoms. The first-order chi connectivity index (χ1) is 11.7. The van der Waals surface area contributed by atoms with Gasteiger partial charge in [0.05, 0.1) is 6.61 Å². The molecule has 0 aliphatic rings. The lowest BCUT2D eigenvalue weighted by molar-refractivity contribution is -0.142. The lowest BCUT2D eigenvalue weighted by atomic mass is 9.95. The summed E-state index contributed by atoms with van der Waals surface area (Å²) in [6.07, 6.45) is 12.1. The highest BCUT2D eigenvalue weighted by Gasteiger charge is 2.16. The zero-order valence-corrected chi connectivity index (χ0v) is 16.5. The number of rotatable bonds is 12. The van der Waals surface area contributed by atoms with Crippen LogP contribution >= 0.6 is 0 Å². The first-order valence-electron chi connectivity index (χ1n) is 9.17. The van der Waals surface area contributed by atoms with Gasteiger partial charge in [-0.15, -0.1) is 0 Å². The number of carbonyl (C=O) groups excluding carboxylic acids is 1. The second-order valence-electron chi connectivity index (χ2n) is 7.04. The predicted octanol–water partition coefficient (Wildman–Crippen LogP) is 4.68. The van der Waals surface area contributed by atoms with Gasteiger partial charge in [0.15, 0.2) is 5.79 Å². The molecule has 0 rings (SSSR count). The molecule has 0 amide bonds. The van der Waals surface area contributed by atoms with Crippen molar-refractivity contribution in [1.82, 2.24) is 0 Å². The van der Waals surface area contributed by atoms with Crippen LogP contribution in [0.1, 0.15) is 73.1 Å². The van der Waals surface area contributed by atoms with Gasteiger partial charge in [0.2, 0.25) is 0 Å². The van der Waals surface area contributed by atoms with E-state index < -0.39 is 5.79 Å². The molecule has 1 atom stereocenters. The first-order valence-corrected chi connectivity index (χ1v) is 9.17. The first kappa shape index (κ1) is 23.6. The van der Waals surface area contributed by atoms with Crippen LogP contribution in [0.4, 0.5) is 0 Å². The summed E-state index contributed by atoms with van der Waals surface area (Å²) in [5.41, 5.74) is 2.43. The Labute approximate surface area is 153 Å². The zero-order chi connectivity index (χ0) is 19.3. The molecule has 0 fully saturated rings. The van der Waals surface area contributed by atoms with Crippen LogP contribution in [-0.2, 0) is 9.53 Å². The van der Waals surface area contributed by atoms with Crippen LogP contribution in [0.15, 0.2) is 35.5 Å². The molecule has 0 aliphatic heterocycles. The maximum atomic E-state index is 11.0. The third kappa shape index (κ3) is 14.6. The van der Waals surface area contributed by atoms with Crippen LogP contribution < -0.4 is 0 Å². The Bertz CT molecular complexity index is 468. The Balaban J connectivity index is 4.41. The zero-order valence-electron chi connectivity index (χ0n) is 16.5. The second kappa shape index (κ2) is 12.9. The number of hydrogen-bond donors (Lipinski definition) is 2. The molecular weight excluding hydrogens is 316 g/mol. The minimum absolute atomic E-state index is 0.186. The highest BCUT2D eigenvalue weighted by Crippen LogP contribution is 2.19. The predicted molar refractivity (Wildman–Crippen MR) is 103 cm³/mol. The van der Waals surface area contributed by atoms with Crippen molar-refractivity contribution in [3.63, 3.8) is 0 Å². The number of hydrogen-bond acceptors (Lipinski definition) is 4. The Hall–Kier alpha value is -1.39. The van der Waals surface area contributed by atoms with Gasteiger partial charge in [-0.3, -0.25) is 4.79 Å². The summed E-state index contributed by atoms with van der Waals surface area (Å²) in [4.78, 5) is 11.0. The molecule has 4 nitrogen and oxygen atoms in total. The van der Waals surface area contributed by atoms with Crippen molar-refractivity contribution in [2.45, 2.75) is 78.9 Å². The third-order valence-electron chi connectivity index (χ3n) is 4.14. The van der Waals surface area contributed by atoms with Crippen molar-refractivity contribution in [3.8, 4) is 0 Å². The minimum atomic E-state index is -1.80. The van der Waals surface area contributed by atoms with Gasteiger partial charge < -0.3 is 14.9 Å². The molecule has 0 spiro atoms. The molecule has 25 heavy (non-hydrogen) atoms. The fourth-order valence-electron chi connectivity index (χ4n) is 2.39. The standard InChI is InChI=1S/C21H36O4/c1-6-18(4)10-9-12-20(16-25-19(5)22)11-7-8-14-21(23,24)15-13-17(2)3/h6,8,13-14,20,23-24H,7,9-12,15-16H2,1-5H3/b14-8+,18-6+. The van der Waals surface area contributed by atoms with E-state index >= 15 is 0 Å². The van der Waals surface area contributed by atoms with E-state index in [1.54, 1.807) is 12.2 Å². The van der Waals surface area contributed by atoms with E-state index in [1.807, 2.05) is 20.8 Å². The van der Waals surface area contributed by atoms with Crippen molar-refractivity contribution < 1.29 is 19.7 Å². The van der Waals surface area contributed by atoms with E-state index in [0.29, 0.717) is 12.5 Å². The molecule has 1 unspecified atom stereocenters. The lowest BCUT2D eigenvalue weighted by Crippen LogP contribution is -2.23. The molecule has 144 valence electrons. The molecule has 0 aromatic rings. The van der Waals surface area contributed by atoms with Gasteiger partial charge in [-0.25, -0.2) is 0 Å². The summed E-state index contributed by atoms with van der Waals surface area (Å²) >= 11 is 0. The van der Waals surface area contributed by atoms with Crippen LogP contribution in [0.25, 0.3) is 0 Å². The normalized spacial score (nSPS) is 13.8. The van der Waals surface area contributed by atoms with E-state index in [1.165, 1.54) is 18.6 Å². The number of aliphatic hydroxyl groups is 2. The van der Waals surface area contributed by atoms with E-state index in [4.69, 9.17) is 4.74 Å². The molecule has 0 saturated carbocycles. The maximum absolute atomic E-state index is 11.0. The highest BCUT2D eigenvalue weighted by molar-refractivity contribution is 5.65. The van der Waals surface area contributed by atoms with Crippen LogP contribution in [0, 0.1) is 5.92 Å². The summed E-state index contributed by atoms with van der Waals surface area (Å²) in [6, 6.07) is 0. The number of ether oxygens (including phenoxy) is 1. The fourth-order valence-corrected chi connectivity index (χ4v) is 2.39. The quantitative estimate of drug-likeness (QED) is 0.304. The summed E-state index contributed by atoms with van der Waals surface area (Å²) < 4.78 is 5.17. The third-order valence-corrected chi connectivity index (χ3v) is 4.14. The van der Waals surface area contributed by atoms with Crippen molar-refractivity contribution in [2.75, 3.05) is 6.61 Å². The van der Waals surface area contributed by atoms with Gasteiger partial charge in [0, 0.05) is 13.3 Å². The van der Waals surface area contributed by atoms with Gasteiger partial charge in [-0.2, -0.15) is 0 Å². The highest BCUT2D eigenvalue weighted by atomic mass is 16.5. The summed E-state index contributed by atoms with van der Waals surface area (Å²) in [5.74, 6) is -1.76. The average molecular weight is 353 g/mol. The smallest absolute Gasteiger partial charge is 0.302 e. The second-order valence-corrected chi connectivity index (χ2v) is 7.04. The maximum Gasteiger partial charge on any atom is 0.302 e. The van der Waals surface area contributed by atoms with Gasteiger partial charge in [0.25, 0.3) is 0 Å². The van der Waals surface area contributed by atoms with E-state index in [9.17, 15) is 15.0 Å². The molecule has 0 saturated heterocycles. The SMILES string of the molecule is C/C=C(\C)CCCC(CC/C=C/C(O)(O)CC=C(C)C)COC(C)=O. The molecular formula is C21H36O4. The van der Waals surface area contributed by atoms with Gasteiger partial charge >= 0.3 is 5.97 Å². The van der Waals surface area contributed by atoms with Crippen molar-refractivity contribution >= 4 is 5.97 Å². The molecule has 2 N–H and O–H groups in total. The van der Waals surface area contributed by atoms with Crippen molar-refractivity contribution in [1.29, 1.82) is 0 Å². The average Bonchev–Trinajstić information content (AvgIpc) is 2.53. The largest absolute Gasteiger partial charge is 0.466 e. The van der Waals surface area contributed by atoms with Gasteiger partial charge in [-0.1, -0.05) is 29.4 Å². The number of carbonyl (C=O) groups is 1. The Kier molecular flexibility index (Phi) is 12.2. The lowest BCUT2D eigenvalue weighted by Gasteiger charge is -2.17. The Morgan fingerprint density at radius 2 is 1.84 bits per heavy atom. The van der Waals surface area contributed by atoms with Gasteiger partial charge in [-0.05, 0) is 71.8 Å². The molecule has 0 aromatic carbocycles. The number of allylic oxidation sites excluding steroid dienone is 4. The molecule has 0 heterocycles. The van der Waals surface area contributed by atoms with E-state index in [2.05, 4.69) is 13.0 Å². The molecule has 0 aliphatic carbocycles. The summed E-state index contributed by atoms with van der Waals surface area (Å²) in [7, 11) is 0. The van der Waals surface area contributed by atoms with Crippen molar-refractivity contribution in [2.24, 2.45) is 5.92 Å². The van der Waals surface area contributed by atoms with Crippen LogP contribution in [0.2, 0.25) is 0 Å². The fraction of sp³-hybridized carbons (Fsp3) is 0.667. The van der Waals surface area contributed by atoms with Gasteiger partial charge in [0.1, 0.15) is 0 Å². The van der Waals surface area contributed by atoms with Crippen molar-refractivity contribution in [3.05, 3.63) is 35.5 Å². The molecule has 0 radical (unpaired) electrons. The van der Waals surface area contributed by atoms with Crippen LogP contribution in [0.5, 0.6) is 0 Å². The monoisotopic (exact) mass is 352 g/mol. The number of esters is 1. The minimum Gasteiger partial charge on any atom is -0.466 e. The molecule has 0 aromatic heterocycles. The topological polar surface area (TPSA) is 66.8 Å². The Morgan fingerprint density at radius 1 is 1.16 bits per heavy atom. The Morgan fingerprint density at radius 3 is 2.40 bits per heavy atom. The summed E-state index contributed by atoms with van der Waals surface area (Å²) in [6.45, 7) is 9.87.